The van der Waals surface area contributed by atoms with Crippen LogP contribution in [0.4, 0.5) is 0 Å². The number of amides is 1. The van der Waals surface area contributed by atoms with Crippen molar-refractivity contribution in [3.05, 3.63) is 35.4 Å². The molecule has 0 bridgehead atoms. The SMILES string of the molecule is COC[C@@H]1CCN(C)C2(C1)CN(C(=O)c1cccc(C#N)c1)C2. The van der Waals surface area contributed by atoms with E-state index in [2.05, 4.69) is 18.0 Å². The van der Waals surface area contributed by atoms with E-state index < -0.39 is 0 Å². The number of ether oxygens (including phenoxy) is 1. The lowest BCUT2D eigenvalue weighted by atomic mass is 9.75. The number of hydrogen-bond donors (Lipinski definition) is 0. The van der Waals surface area contributed by atoms with Gasteiger partial charge in [-0.15, -0.1) is 0 Å². The van der Waals surface area contributed by atoms with Crippen LogP contribution in [-0.2, 0) is 4.74 Å². The van der Waals surface area contributed by atoms with Crippen LogP contribution < -0.4 is 0 Å². The molecule has 5 nitrogen and oxygen atoms in total. The number of methoxy groups -OCH3 is 1. The van der Waals surface area contributed by atoms with E-state index in [0.29, 0.717) is 17.0 Å². The zero-order valence-corrected chi connectivity index (χ0v) is 13.8. The molecule has 0 aliphatic carbocycles. The number of likely N-dealkylation sites (tertiary alicyclic amines) is 2. The summed E-state index contributed by atoms with van der Waals surface area (Å²) in [7, 11) is 3.91. The summed E-state index contributed by atoms with van der Waals surface area (Å²) in [4.78, 5) is 16.9. The van der Waals surface area contributed by atoms with Gasteiger partial charge >= 0.3 is 0 Å². The second kappa shape index (κ2) is 6.31. The Morgan fingerprint density at radius 2 is 2.26 bits per heavy atom. The molecule has 5 heteroatoms. The average Bonchev–Trinajstić information content (AvgIpc) is 2.54. The summed E-state index contributed by atoms with van der Waals surface area (Å²) in [6.45, 7) is 3.38. The molecule has 0 aromatic heterocycles. The topological polar surface area (TPSA) is 56.6 Å². The molecule has 0 N–H and O–H groups in total. The fourth-order valence-corrected chi connectivity index (χ4v) is 3.87. The van der Waals surface area contributed by atoms with Crippen LogP contribution in [-0.4, -0.2) is 61.6 Å². The third-order valence-corrected chi connectivity index (χ3v) is 5.25. The summed E-state index contributed by atoms with van der Waals surface area (Å²) in [6.07, 6.45) is 2.24. The van der Waals surface area contributed by atoms with Gasteiger partial charge in [0.15, 0.2) is 0 Å². The van der Waals surface area contributed by atoms with E-state index in [9.17, 15) is 4.79 Å². The molecule has 2 saturated heterocycles. The van der Waals surface area contributed by atoms with Gasteiger partial charge in [-0.05, 0) is 50.6 Å². The monoisotopic (exact) mass is 313 g/mol. The summed E-state index contributed by atoms with van der Waals surface area (Å²) in [6, 6.07) is 9.03. The Balaban J connectivity index is 1.67. The van der Waals surface area contributed by atoms with Crippen molar-refractivity contribution in [3.63, 3.8) is 0 Å². The second-order valence-corrected chi connectivity index (χ2v) is 6.81. The van der Waals surface area contributed by atoms with Gasteiger partial charge < -0.3 is 9.64 Å². The van der Waals surface area contributed by atoms with Crippen LogP contribution >= 0.6 is 0 Å². The molecule has 0 saturated carbocycles. The van der Waals surface area contributed by atoms with Gasteiger partial charge in [0.25, 0.3) is 5.91 Å². The molecule has 1 aromatic rings. The summed E-state index contributed by atoms with van der Waals surface area (Å²) in [5, 5.41) is 8.97. The minimum atomic E-state index is 0.0231. The van der Waals surface area contributed by atoms with Crippen LogP contribution in [0.3, 0.4) is 0 Å². The predicted molar refractivity (Wildman–Crippen MR) is 87.0 cm³/mol. The molecule has 2 fully saturated rings. The summed E-state index contributed by atoms with van der Waals surface area (Å²) >= 11 is 0. The maximum atomic E-state index is 12.6. The van der Waals surface area contributed by atoms with Crippen molar-refractivity contribution in [1.82, 2.24) is 9.80 Å². The van der Waals surface area contributed by atoms with Crippen LogP contribution in [0.15, 0.2) is 24.3 Å². The Hall–Kier alpha value is -1.90. The molecule has 1 atom stereocenters. The number of carbonyl (C=O) groups is 1. The molecule has 1 spiro atoms. The van der Waals surface area contributed by atoms with Crippen LogP contribution in [0, 0.1) is 17.2 Å². The van der Waals surface area contributed by atoms with Gasteiger partial charge in [-0.25, -0.2) is 0 Å². The number of likely N-dealkylation sites (N-methyl/N-ethyl adjacent to an activating group) is 1. The number of piperidine rings is 1. The van der Waals surface area contributed by atoms with Crippen LogP contribution in [0.1, 0.15) is 28.8 Å². The molecule has 1 aromatic carbocycles. The van der Waals surface area contributed by atoms with Crippen molar-refractivity contribution in [2.24, 2.45) is 5.92 Å². The number of hydrogen-bond acceptors (Lipinski definition) is 4. The van der Waals surface area contributed by atoms with Crippen LogP contribution in [0.2, 0.25) is 0 Å². The second-order valence-electron chi connectivity index (χ2n) is 6.81. The van der Waals surface area contributed by atoms with Gasteiger partial charge in [-0.3, -0.25) is 9.69 Å². The molecule has 122 valence electrons. The van der Waals surface area contributed by atoms with E-state index in [1.807, 2.05) is 4.90 Å². The molecule has 1 amide bonds. The first kappa shape index (κ1) is 16.0. The summed E-state index contributed by atoms with van der Waals surface area (Å²) in [5.41, 5.74) is 1.23. The zero-order chi connectivity index (χ0) is 16.4. The fraction of sp³-hybridized carbons (Fsp3) is 0.556. The number of nitrogens with zero attached hydrogens (tertiary/aromatic N) is 3. The largest absolute Gasteiger partial charge is 0.384 e. The molecule has 0 unspecified atom stereocenters. The third-order valence-electron chi connectivity index (χ3n) is 5.25. The maximum Gasteiger partial charge on any atom is 0.254 e. The highest BCUT2D eigenvalue weighted by Gasteiger charge is 2.50. The Kier molecular flexibility index (Phi) is 4.38. The van der Waals surface area contributed by atoms with Gasteiger partial charge in [-0.1, -0.05) is 6.07 Å². The standard InChI is InChI=1S/C18H23N3O2/c1-20-7-6-15(11-23-2)9-18(20)12-21(13-18)17(22)16-5-3-4-14(8-16)10-19/h3-5,8,15H,6-7,9,11-13H2,1-2H3/t15-/m1/s1. The first-order chi connectivity index (χ1) is 11.1. The van der Waals surface area contributed by atoms with E-state index in [1.54, 1.807) is 31.4 Å². The Labute approximate surface area is 137 Å². The van der Waals surface area contributed by atoms with E-state index in [-0.39, 0.29) is 11.4 Å². The highest BCUT2D eigenvalue weighted by Crippen LogP contribution is 2.38. The lowest BCUT2D eigenvalue weighted by Gasteiger charge is -2.58. The molecular weight excluding hydrogens is 290 g/mol. The Morgan fingerprint density at radius 1 is 1.48 bits per heavy atom. The first-order valence-corrected chi connectivity index (χ1v) is 8.07. The van der Waals surface area contributed by atoms with Crippen molar-refractivity contribution in [2.75, 3.05) is 40.4 Å². The molecule has 3 rings (SSSR count). The number of rotatable bonds is 3. The van der Waals surface area contributed by atoms with E-state index in [0.717, 1.165) is 39.1 Å². The van der Waals surface area contributed by atoms with Crippen molar-refractivity contribution >= 4 is 5.91 Å². The Bertz CT molecular complexity index is 631. The molecule has 2 heterocycles. The number of carbonyl (C=O) groups excluding carboxylic acids is 1. The first-order valence-electron chi connectivity index (χ1n) is 8.07. The van der Waals surface area contributed by atoms with Gasteiger partial charge in [-0.2, -0.15) is 5.26 Å². The summed E-state index contributed by atoms with van der Waals surface area (Å²) in [5.74, 6) is 0.602. The van der Waals surface area contributed by atoms with Crippen LogP contribution in [0.5, 0.6) is 0 Å². The van der Waals surface area contributed by atoms with E-state index in [1.165, 1.54) is 0 Å². The molecule has 23 heavy (non-hydrogen) atoms. The lowest BCUT2D eigenvalue weighted by molar-refractivity contribution is -0.0731. The van der Waals surface area contributed by atoms with Gasteiger partial charge in [0.2, 0.25) is 0 Å². The normalized spacial score (nSPS) is 23.3. The maximum absolute atomic E-state index is 12.6. The number of nitriles is 1. The zero-order valence-electron chi connectivity index (χ0n) is 13.8. The Morgan fingerprint density at radius 3 is 2.96 bits per heavy atom. The summed E-state index contributed by atoms with van der Waals surface area (Å²) < 4.78 is 5.32. The smallest absolute Gasteiger partial charge is 0.254 e. The minimum Gasteiger partial charge on any atom is -0.384 e. The minimum absolute atomic E-state index is 0.0231. The van der Waals surface area contributed by atoms with E-state index in [4.69, 9.17) is 10.00 Å². The molecular formula is C18H23N3O2. The van der Waals surface area contributed by atoms with Crippen molar-refractivity contribution in [1.29, 1.82) is 5.26 Å². The lowest BCUT2D eigenvalue weighted by Crippen LogP contribution is -2.72. The third kappa shape index (κ3) is 2.97. The van der Waals surface area contributed by atoms with Crippen LogP contribution in [0.25, 0.3) is 0 Å². The molecule has 2 aliphatic rings. The molecule has 0 radical (unpaired) electrons. The highest BCUT2D eigenvalue weighted by molar-refractivity contribution is 5.95. The van der Waals surface area contributed by atoms with Crippen molar-refractivity contribution < 1.29 is 9.53 Å². The fourth-order valence-electron chi connectivity index (χ4n) is 3.87. The van der Waals surface area contributed by atoms with Crippen molar-refractivity contribution in [3.8, 4) is 6.07 Å². The predicted octanol–water partition coefficient (Wildman–Crippen LogP) is 1.74. The van der Waals surface area contributed by atoms with E-state index >= 15 is 0 Å². The molecule has 2 aliphatic heterocycles. The highest BCUT2D eigenvalue weighted by atomic mass is 16.5. The van der Waals surface area contributed by atoms with Gasteiger partial charge in [0.05, 0.1) is 17.2 Å². The quantitative estimate of drug-likeness (QED) is 0.853. The van der Waals surface area contributed by atoms with Gasteiger partial charge in [0.1, 0.15) is 0 Å². The van der Waals surface area contributed by atoms with Crippen molar-refractivity contribution in [2.45, 2.75) is 18.4 Å². The average molecular weight is 313 g/mol. The van der Waals surface area contributed by atoms with Gasteiger partial charge in [0, 0.05) is 32.4 Å². The number of benzene rings is 1.